The number of aromatic amines is 1. The monoisotopic (exact) mass is 223 g/mol. The lowest BCUT2D eigenvalue weighted by Gasteiger charge is -1.97. The summed E-state index contributed by atoms with van der Waals surface area (Å²) in [4.78, 5) is 8.31. The minimum absolute atomic E-state index is 0.186. The van der Waals surface area contributed by atoms with Crippen molar-refractivity contribution in [3.63, 3.8) is 0 Å². The summed E-state index contributed by atoms with van der Waals surface area (Å²) in [7, 11) is 0. The maximum absolute atomic E-state index is 5.96. The zero-order valence-corrected chi connectivity index (χ0v) is 8.86. The van der Waals surface area contributed by atoms with Crippen LogP contribution in [0.1, 0.15) is 18.8 Å². The Kier molecular flexibility index (Phi) is 2.66. The summed E-state index contributed by atoms with van der Waals surface area (Å²) >= 11 is 5.96. The topological polar surface area (TPSA) is 80.5 Å². The largest absolute Gasteiger partial charge is 0.322 e. The second-order valence-electron chi connectivity index (χ2n) is 3.17. The van der Waals surface area contributed by atoms with Gasteiger partial charge in [-0.3, -0.25) is 10.1 Å². The molecule has 5 nitrogen and oxygen atoms in total. The number of nitrogens with two attached hydrogens (primary N) is 1. The van der Waals surface area contributed by atoms with E-state index in [-0.39, 0.29) is 6.04 Å². The molecule has 0 saturated heterocycles. The number of halogens is 1. The highest BCUT2D eigenvalue weighted by Crippen LogP contribution is 2.22. The molecule has 0 aliphatic carbocycles. The fourth-order valence-corrected chi connectivity index (χ4v) is 1.34. The van der Waals surface area contributed by atoms with Gasteiger partial charge in [0, 0.05) is 6.20 Å². The zero-order chi connectivity index (χ0) is 10.8. The quantitative estimate of drug-likeness (QED) is 0.809. The molecule has 0 amide bonds. The van der Waals surface area contributed by atoms with E-state index in [0.717, 1.165) is 0 Å². The van der Waals surface area contributed by atoms with Crippen LogP contribution in [-0.2, 0) is 0 Å². The molecular formula is C9H10ClN5. The van der Waals surface area contributed by atoms with Gasteiger partial charge in [0.15, 0.2) is 0 Å². The Morgan fingerprint density at radius 2 is 2.33 bits per heavy atom. The molecule has 0 fully saturated rings. The summed E-state index contributed by atoms with van der Waals surface area (Å²) in [5, 5.41) is 7.27. The van der Waals surface area contributed by atoms with Crippen LogP contribution in [0.25, 0.3) is 11.5 Å². The van der Waals surface area contributed by atoms with Gasteiger partial charge in [-0.2, -0.15) is 5.10 Å². The van der Waals surface area contributed by atoms with Crippen molar-refractivity contribution in [2.75, 3.05) is 0 Å². The van der Waals surface area contributed by atoms with Crippen molar-refractivity contribution < 1.29 is 0 Å². The first-order chi connectivity index (χ1) is 7.18. The summed E-state index contributed by atoms with van der Waals surface area (Å²) in [5.41, 5.74) is 6.21. The van der Waals surface area contributed by atoms with Crippen molar-refractivity contribution in [2.24, 2.45) is 5.73 Å². The van der Waals surface area contributed by atoms with Crippen LogP contribution >= 0.6 is 11.6 Å². The number of pyridine rings is 1. The van der Waals surface area contributed by atoms with E-state index in [0.29, 0.717) is 22.4 Å². The maximum Gasteiger partial charge on any atom is 0.201 e. The number of aromatic nitrogens is 4. The second-order valence-corrected chi connectivity index (χ2v) is 3.57. The van der Waals surface area contributed by atoms with Crippen LogP contribution in [0.4, 0.5) is 0 Å². The molecule has 0 saturated carbocycles. The molecule has 2 aromatic rings. The van der Waals surface area contributed by atoms with E-state index in [9.17, 15) is 0 Å². The lowest BCUT2D eigenvalue weighted by Crippen LogP contribution is -2.06. The molecule has 15 heavy (non-hydrogen) atoms. The molecule has 3 N–H and O–H groups in total. The predicted octanol–water partition coefficient (Wildman–Crippen LogP) is 1.54. The van der Waals surface area contributed by atoms with Crippen molar-refractivity contribution in [2.45, 2.75) is 13.0 Å². The van der Waals surface area contributed by atoms with Gasteiger partial charge in [-0.05, 0) is 19.1 Å². The molecule has 0 aromatic carbocycles. The van der Waals surface area contributed by atoms with Gasteiger partial charge in [0.1, 0.15) is 11.5 Å². The predicted molar refractivity (Wildman–Crippen MR) is 57.2 cm³/mol. The smallest absolute Gasteiger partial charge is 0.201 e. The van der Waals surface area contributed by atoms with Crippen LogP contribution in [0.3, 0.4) is 0 Å². The fourth-order valence-electron chi connectivity index (χ4n) is 1.13. The molecule has 0 spiro atoms. The first-order valence-electron chi connectivity index (χ1n) is 4.47. The van der Waals surface area contributed by atoms with Crippen molar-refractivity contribution in [1.29, 1.82) is 0 Å². The Bertz CT molecular complexity index is 465. The number of hydrogen-bond acceptors (Lipinski definition) is 4. The normalized spacial score (nSPS) is 12.7. The standard InChI is InChI=1S/C9H10ClN5/c1-5(11)8-13-9(15-14-8)7-6(10)3-2-4-12-7/h2-5H,11H2,1H3,(H,13,14,15). The molecule has 0 aliphatic heterocycles. The highest BCUT2D eigenvalue weighted by molar-refractivity contribution is 6.32. The zero-order valence-electron chi connectivity index (χ0n) is 8.11. The van der Waals surface area contributed by atoms with Crippen molar-refractivity contribution in [1.82, 2.24) is 20.2 Å². The minimum Gasteiger partial charge on any atom is -0.322 e. The second kappa shape index (κ2) is 3.96. The average Bonchev–Trinajstić information content (AvgIpc) is 2.67. The molecule has 2 heterocycles. The van der Waals surface area contributed by atoms with E-state index in [1.165, 1.54) is 0 Å². The van der Waals surface area contributed by atoms with Gasteiger partial charge in [0.25, 0.3) is 0 Å². The Morgan fingerprint density at radius 3 is 2.93 bits per heavy atom. The molecule has 1 unspecified atom stereocenters. The van der Waals surface area contributed by atoms with E-state index < -0.39 is 0 Å². The molecule has 0 aliphatic rings. The Labute approximate surface area is 91.7 Å². The van der Waals surface area contributed by atoms with E-state index in [2.05, 4.69) is 20.2 Å². The van der Waals surface area contributed by atoms with E-state index in [4.69, 9.17) is 17.3 Å². The van der Waals surface area contributed by atoms with Crippen LogP contribution < -0.4 is 5.73 Å². The number of hydrogen-bond donors (Lipinski definition) is 2. The molecule has 78 valence electrons. The number of rotatable bonds is 2. The summed E-state index contributed by atoms with van der Waals surface area (Å²) in [6, 6.07) is 3.31. The highest BCUT2D eigenvalue weighted by atomic mass is 35.5. The lowest BCUT2D eigenvalue weighted by molar-refractivity contribution is 0.745. The summed E-state index contributed by atoms with van der Waals surface area (Å²) in [6.45, 7) is 1.82. The molecule has 2 aromatic heterocycles. The van der Waals surface area contributed by atoms with Crippen molar-refractivity contribution in [3.05, 3.63) is 29.2 Å². The van der Waals surface area contributed by atoms with Gasteiger partial charge in [-0.15, -0.1) is 0 Å². The third kappa shape index (κ3) is 1.98. The molecule has 2 rings (SSSR count). The Morgan fingerprint density at radius 1 is 1.53 bits per heavy atom. The summed E-state index contributed by atoms with van der Waals surface area (Å²) in [6.07, 6.45) is 1.64. The van der Waals surface area contributed by atoms with Gasteiger partial charge >= 0.3 is 0 Å². The summed E-state index contributed by atoms with van der Waals surface area (Å²) in [5.74, 6) is 1.08. The molecule has 6 heteroatoms. The first kappa shape index (κ1) is 10.1. The minimum atomic E-state index is -0.186. The van der Waals surface area contributed by atoms with Gasteiger partial charge in [-0.25, -0.2) is 4.98 Å². The lowest BCUT2D eigenvalue weighted by atomic mass is 10.3. The van der Waals surface area contributed by atoms with Gasteiger partial charge in [0.2, 0.25) is 5.82 Å². The van der Waals surface area contributed by atoms with Crippen molar-refractivity contribution in [3.8, 4) is 11.5 Å². The van der Waals surface area contributed by atoms with Crippen molar-refractivity contribution >= 4 is 11.6 Å². The van der Waals surface area contributed by atoms with Gasteiger partial charge in [-0.1, -0.05) is 11.6 Å². The van der Waals surface area contributed by atoms with Crippen LogP contribution in [-0.4, -0.2) is 20.2 Å². The number of nitrogens with zero attached hydrogens (tertiary/aromatic N) is 3. The molecular weight excluding hydrogens is 214 g/mol. The SMILES string of the molecule is CC(N)c1nc(-c2ncccc2Cl)n[nH]1. The third-order valence-electron chi connectivity index (χ3n) is 1.90. The van der Waals surface area contributed by atoms with E-state index >= 15 is 0 Å². The molecule has 0 bridgehead atoms. The fraction of sp³-hybridized carbons (Fsp3) is 0.222. The first-order valence-corrected chi connectivity index (χ1v) is 4.85. The van der Waals surface area contributed by atoms with Crippen LogP contribution in [0, 0.1) is 0 Å². The maximum atomic E-state index is 5.96. The van der Waals surface area contributed by atoms with Crippen LogP contribution in [0.5, 0.6) is 0 Å². The van der Waals surface area contributed by atoms with Gasteiger partial charge in [0.05, 0.1) is 11.1 Å². The number of nitrogens with one attached hydrogen (secondary N) is 1. The Hall–Kier alpha value is -1.46. The van der Waals surface area contributed by atoms with E-state index in [1.807, 2.05) is 6.92 Å². The van der Waals surface area contributed by atoms with Gasteiger partial charge < -0.3 is 5.73 Å². The van der Waals surface area contributed by atoms with E-state index in [1.54, 1.807) is 18.3 Å². The number of H-pyrrole nitrogens is 1. The van der Waals surface area contributed by atoms with Crippen LogP contribution in [0.15, 0.2) is 18.3 Å². The highest BCUT2D eigenvalue weighted by Gasteiger charge is 2.12. The van der Waals surface area contributed by atoms with Crippen LogP contribution in [0.2, 0.25) is 5.02 Å². The molecule has 1 atom stereocenters. The third-order valence-corrected chi connectivity index (χ3v) is 2.21. The Balaban J connectivity index is 2.42. The average molecular weight is 224 g/mol. The molecule has 0 radical (unpaired) electrons. The summed E-state index contributed by atoms with van der Waals surface area (Å²) < 4.78 is 0.